The Bertz CT molecular complexity index is 720. The van der Waals surface area contributed by atoms with Crippen molar-refractivity contribution in [3.63, 3.8) is 0 Å². The molecule has 178 valence electrons. The van der Waals surface area contributed by atoms with Gasteiger partial charge >= 0.3 is 0 Å². The summed E-state index contributed by atoms with van der Waals surface area (Å²) in [6.07, 6.45) is 11.9. The summed E-state index contributed by atoms with van der Waals surface area (Å²) in [4.78, 5) is 0. The van der Waals surface area contributed by atoms with Crippen LogP contribution in [0.1, 0.15) is 128 Å². The van der Waals surface area contributed by atoms with E-state index in [2.05, 4.69) is 48.5 Å². The quantitative estimate of drug-likeness (QED) is 0.358. The Morgan fingerprint density at radius 1 is 0.806 bits per heavy atom. The molecule has 1 heterocycles. The normalized spacial score (nSPS) is 22.5. The number of hydrogen-bond acceptors (Lipinski definition) is 2. The number of fused-ring (bicyclic) bond motifs is 1. The Balaban J connectivity index is 1.78. The van der Waals surface area contributed by atoms with E-state index in [0.29, 0.717) is 11.7 Å². The lowest BCUT2D eigenvalue weighted by Crippen LogP contribution is -2.33. The zero-order valence-electron chi connectivity index (χ0n) is 22.0. The first-order valence-electron chi connectivity index (χ1n) is 13.0. The van der Waals surface area contributed by atoms with Crippen LogP contribution in [0.3, 0.4) is 0 Å². The average Bonchev–Trinajstić information content (AvgIpc) is 2.96. The van der Waals surface area contributed by atoms with Gasteiger partial charge in [0.2, 0.25) is 0 Å². The van der Waals surface area contributed by atoms with Gasteiger partial charge in [-0.05, 0) is 75.0 Å². The van der Waals surface area contributed by atoms with Gasteiger partial charge in [-0.3, -0.25) is 0 Å². The molecule has 0 aromatic heterocycles. The predicted octanol–water partition coefficient (Wildman–Crippen LogP) is 9.01. The second kappa shape index (κ2) is 11.1. The van der Waals surface area contributed by atoms with E-state index in [1.807, 2.05) is 13.8 Å². The van der Waals surface area contributed by atoms with Gasteiger partial charge in [-0.2, -0.15) is 0 Å². The zero-order chi connectivity index (χ0) is 23.3. The summed E-state index contributed by atoms with van der Waals surface area (Å²) in [5.74, 6) is 4.30. The van der Waals surface area contributed by atoms with Crippen LogP contribution in [-0.2, 0) is 0 Å². The van der Waals surface area contributed by atoms with Crippen LogP contribution < -0.4 is 4.74 Å². The lowest BCUT2D eigenvalue weighted by molar-refractivity contribution is 0.0786. The highest BCUT2D eigenvalue weighted by atomic mass is 16.5. The molecule has 2 nitrogen and oxygen atoms in total. The minimum Gasteiger partial charge on any atom is -0.507 e. The molecule has 4 atom stereocenters. The van der Waals surface area contributed by atoms with E-state index in [-0.39, 0.29) is 5.60 Å². The fourth-order valence-corrected chi connectivity index (χ4v) is 5.46. The SMILES string of the molecule is Cc1c(C)c2c(c(C)c1O)[C@@H](C)[C@](C)(CCC[C@@H](C)CCC[C@@H](C)CCCC(C)C)O2. The zero-order valence-corrected chi connectivity index (χ0v) is 22.0. The summed E-state index contributed by atoms with van der Waals surface area (Å²) in [5, 5.41) is 10.5. The topological polar surface area (TPSA) is 29.5 Å². The summed E-state index contributed by atoms with van der Waals surface area (Å²) >= 11 is 0. The molecule has 2 rings (SSSR count). The van der Waals surface area contributed by atoms with Crippen molar-refractivity contribution in [3.8, 4) is 11.5 Å². The van der Waals surface area contributed by atoms with Gasteiger partial charge in [-0.15, -0.1) is 0 Å². The monoisotopic (exact) mass is 430 g/mol. The lowest BCUT2D eigenvalue weighted by atomic mass is 9.80. The summed E-state index contributed by atoms with van der Waals surface area (Å²) in [6, 6.07) is 0. The lowest BCUT2D eigenvalue weighted by Gasteiger charge is -2.29. The molecule has 1 aromatic rings. The maximum Gasteiger partial charge on any atom is 0.127 e. The summed E-state index contributed by atoms with van der Waals surface area (Å²) in [5.41, 5.74) is 4.13. The third-order valence-corrected chi connectivity index (χ3v) is 8.19. The highest BCUT2D eigenvalue weighted by molar-refractivity contribution is 5.61. The summed E-state index contributed by atoms with van der Waals surface area (Å²) in [7, 11) is 0. The van der Waals surface area contributed by atoms with E-state index < -0.39 is 0 Å². The fourth-order valence-electron chi connectivity index (χ4n) is 5.46. The number of ether oxygens (including phenoxy) is 1. The van der Waals surface area contributed by atoms with Crippen LogP contribution in [-0.4, -0.2) is 10.7 Å². The highest BCUT2D eigenvalue weighted by Crippen LogP contribution is 2.52. The standard InChI is InChI=1S/C29H50O2/c1-19(2)13-10-14-20(3)15-11-16-21(4)17-12-18-29(9)25(8)26-24(7)27(30)22(5)23(6)28(26)31-29/h19-21,25,30H,10-18H2,1-9H3/t20-,21-,25+,29-/m0/s1. The fraction of sp³-hybridized carbons (Fsp3) is 0.793. The van der Waals surface area contributed by atoms with Crippen molar-refractivity contribution in [1.82, 2.24) is 0 Å². The van der Waals surface area contributed by atoms with Gasteiger partial charge in [0.1, 0.15) is 17.1 Å². The minimum absolute atomic E-state index is 0.164. The van der Waals surface area contributed by atoms with Crippen molar-refractivity contribution in [2.45, 2.75) is 132 Å². The first kappa shape index (κ1) is 26.1. The van der Waals surface area contributed by atoms with Crippen molar-refractivity contribution in [2.24, 2.45) is 17.8 Å². The molecular weight excluding hydrogens is 380 g/mol. The maximum absolute atomic E-state index is 10.5. The first-order chi connectivity index (χ1) is 14.5. The molecule has 0 bridgehead atoms. The Hall–Kier alpha value is -1.18. The van der Waals surface area contributed by atoms with Crippen molar-refractivity contribution in [2.75, 3.05) is 0 Å². The van der Waals surface area contributed by atoms with Gasteiger partial charge in [-0.25, -0.2) is 0 Å². The van der Waals surface area contributed by atoms with Crippen LogP contribution in [0.2, 0.25) is 0 Å². The molecule has 0 fully saturated rings. The van der Waals surface area contributed by atoms with Gasteiger partial charge in [0.05, 0.1) is 0 Å². The van der Waals surface area contributed by atoms with E-state index in [4.69, 9.17) is 4.74 Å². The van der Waals surface area contributed by atoms with Crippen molar-refractivity contribution < 1.29 is 9.84 Å². The Morgan fingerprint density at radius 2 is 1.32 bits per heavy atom. The number of aromatic hydroxyl groups is 1. The number of hydrogen-bond donors (Lipinski definition) is 1. The molecule has 1 aliphatic heterocycles. The van der Waals surface area contributed by atoms with Crippen LogP contribution in [0.25, 0.3) is 0 Å². The van der Waals surface area contributed by atoms with Crippen LogP contribution >= 0.6 is 0 Å². The summed E-state index contributed by atoms with van der Waals surface area (Å²) < 4.78 is 6.59. The van der Waals surface area contributed by atoms with Crippen LogP contribution in [0.5, 0.6) is 11.5 Å². The van der Waals surface area contributed by atoms with Crippen molar-refractivity contribution >= 4 is 0 Å². The molecule has 0 unspecified atom stereocenters. The molecule has 0 aliphatic carbocycles. The van der Waals surface area contributed by atoms with Gasteiger partial charge in [0.25, 0.3) is 0 Å². The smallest absolute Gasteiger partial charge is 0.127 e. The van der Waals surface area contributed by atoms with Crippen molar-refractivity contribution in [3.05, 3.63) is 22.3 Å². The molecule has 0 spiro atoms. The van der Waals surface area contributed by atoms with Gasteiger partial charge in [0, 0.05) is 11.5 Å². The van der Waals surface area contributed by atoms with E-state index in [1.54, 1.807) is 0 Å². The molecule has 1 aromatic carbocycles. The Labute approximate surface area is 193 Å². The van der Waals surface area contributed by atoms with Gasteiger partial charge in [-0.1, -0.05) is 79.6 Å². The maximum atomic E-state index is 10.5. The van der Waals surface area contributed by atoms with Crippen LogP contribution in [0.15, 0.2) is 0 Å². The van der Waals surface area contributed by atoms with E-state index in [0.717, 1.165) is 46.6 Å². The average molecular weight is 431 g/mol. The minimum atomic E-state index is -0.164. The number of benzene rings is 1. The molecule has 0 radical (unpaired) electrons. The molecule has 0 saturated carbocycles. The van der Waals surface area contributed by atoms with E-state index >= 15 is 0 Å². The predicted molar refractivity (Wildman–Crippen MR) is 134 cm³/mol. The Kier molecular flexibility index (Phi) is 9.34. The molecular formula is C29H50O2. The molecule has 2 heteroatoms. The van der Waals surface area contributed by atoms with Gasteiger partial charge in [0.15, 0.2) is 0 Å². The number of phenols is 1. The van der Waals surface area contributed by atoms with E-state index in [9.17, 15) is 5.11 Å². The highest BCUT2D eigenvalue weighted by Gasteiger charge is 2.44. The number of phenolic OH excluding ortho intramolecular Hbond substituents is 1. The van der Waals surface area contributed by atoms with E-state index in [1.165, 1.54) is 56.9 Å². The van der Waals surface area contributed by atoms with Crippen LogP contribution in [0.4, 0.5) is 0 Å². The van der Waals surface area contributed by atoms with Gasteiger partial charge < -0.3 is 9.84 Å². The summed E-state index contributed by atoms with van der Waals surface area (Å²) in [6.45, 7) is 20.2. The molecule has 0 saturated heterocycles. The molecule has 31 heavy (non-hydrogen) atoms. The van der Waals surface area contributed by atoms with Crippen LogP contribution in [0, 0.1) is 38.5 Å². The van der Waals surface area contributed by atoms with Crippen molar-refractivity contribution in [1.29, 1.82) is 0 Å². The largest absolute Gasteiger partial charge is 0.507 e. The molecule has 1 aliphatic rings. The second-order valence-electron chi connectivity index (χ2n) is 11.5. The number of rotatable bonds is 12. The molecule has 0 amide bonds. The second-order valence-corrected chi connectivity index (χ2v) is 11.5. The molecule has 1 N–H and O–H groups in total. The first-order valence-corrected chi connectivity index (χ1v) is 13.0. The third kappa shape index (κ3) is 6.42. The Morgan fingerprint density at radius 3 is 1.87 bits per heavy atom. The third-order valence-electron chi connectivity index (χ3n) is 8.19.